The Morgan fingerprint density at radius 3 is 2.65 bits per heavy atom. The fourth-order valence-electron chi connectivity index (χ4n) is 2.42. The molecule has 23 heavy (non-hydrogen) atoms. The number of carbonyl (C=O) groups is 1. The van der Waals surface area contributed by atoms with Crippen molar-refractivity contribution in [3.8, 4) is 5.75 Å². The molecule has 2 aromatic carbocycles. The van der Waals surface area contributed by atoms with E-state index in [4.69, 9.17) is 9.47 Å². The molecule has 118 valence electrons. The third-order valence-corrected chi connectivity index (χ3v) is 3.57. The van der Waals surface area contributed by atoms with Crippen LogP contribution in [0, 0.1) is 0 Å². The molecule has 0 saturated carbocycles. The fourth-order valence-corrected chi connectivity index (χ4v) is 2.42. The highest BCUT2D eigenvalue weighted by atomic mass is 16.5. The first-order valence-electron chi connectivity index (χ1n) is 7.48. The number of nitrogens with one attached hydrogen (secondary N) is 1. The topological polar surface area (TPSA) is 64.2 Å². The lowest BCUT2D eigenvalue weighted by atomic mass is 10.1. The number of benzene rings is 2. The van der Waals surface area contributed by atoms with Gasteiger partial charge >= 0.3 is 5.97 Å². The second-order valence-electron chi connectivity index (χ2n) is 5.16. The molecule has 1 heterocycles. The molecular formula is C18H18N2O3. The van der Waals surface area contributed by atoms with Crippen molar-refractivity contribution in [3.63, 3.8) is 0 Å². The second-order valence-corrected chi connectivity index (χ2v) is 5.16. The van der Waals surface area contributed by atoms with Crippen molar-refractivity contribution in [1.82, 2.24) is 9.97 Å². The van der Waals surface area contributed by atoms with Crippen molar-refractivity contribution in [3.05, 3.63) is 59.4 Å². The van der Waals surface area contributed by atoms with Crippen LogP contribution < -0.4 is 4.74 Å². The predicted molar refractivity (Wildman–Crippen MR) is 87.9 cm³/mol. The van der Waals surface area contributed by atoms with Gasteiger partial charge in [-0.05, 0) is 36.8 Å². The van der Waals surface area contributed by atoms with Gasteiger partial charge < -0.3 is 14.5 Å². The Morgan fingerprint density at radius 2 is 1.96 bits per heavy atom. The van der Waals surface area contributed by atoms with Gasteiger partial charge in [0.2, 0.25) is 0 Å². The van der Waals surface area contributed by atoms with Gasteiger partial charge in [0.1, 0.15) is 11.6 Å². The number of esters is 1. The van der Waals surface area contributed by atoms with Gasteiger partial charge in [-0.1, -0.05) is 12.1 Å². The van der Waals surface area contributed by atoms with Crippen LogP contribution in [0.5, 0.6) is 5.75 Å². The van der Waals surface area contributed by atoms with Crippen LogP contribution in [0.15, 0.2) is 42.5 Å². The van der Waals surface area contributed by atoms with Gasteiger partial charge in [0.15, 0.2) is 0 Å². The molecule has 0 bridgehead atoms. The van der Waals surface area contributed by atoms with E-state index in [9.17, 15) is 4.79 Å². The van der Waals surface area contributed by atoms with Gasteiger partial charge in [-0.3, -0.25) is 0 Å². The molecular weight excluding hydrogens is 292 g/mol. The maximum Gasteiger partial charge on any atom is 0.338 e. The Bertz CT molecular complexity index is 822. The summed E-state index contributed by atoms with van der Waals surface area (Å²) in [7, 11) is 1.64. The number of aromatic nitrogens is 2. The van der Waals surface area contributed by atoms with Crippen molar-refractivity contribution in [1.29, 1.82) is 0 Å². The van der Waals surface area contributed by atoms with E-state index < -0.39 is 0 Å². The SMILES string of the molecule is CCOC(=O)c1ccc(Cc2nc3ccc(OC)cc3[nH]2)cc1. The summed E-state index contributed by atoms with van der Waals surface area (Å²) >= 11 is 0. The highest BCUT2D eigenvalue weighted by molar-refractivity contribution is 5.89. The van der Waals surface area contributed by atoms with Crippen LogP contribution in [0.25, 0.3) is 11.0 Å². The van der Waals surface area contributed by atoms with Crippen molar-refractivity contribution in [2.75, 3.05) is 13.7 Å². The van der Waals surface area contributed by atoms with E-state index in [-0.39, 0.29) is 5.97 Å². The van der Waals surface area contributed by atoms with E-state index in [0.717, 1.165) is 28.2 Å². The van der Waals surface area contributed by atoms with Crippen LogP contribution in [0.3, 0.4) is 0 Å². The Labute approximate surface area is 134 Å². The molecule has 5 nitrogen and oxygen atoms in total. The lowest BCUT2D eigenvalue weighted by Crippen LogP contribution is -2.04. The first-order valence-corrected chi connectivity index (χ1v) is 7.48. The van der Waals surface area contributed by atoms with E-state index in [2.05, 4.69) is 9.97 Å². The quantitative estimate of drug-likeness (QED) is 0.734. The molecule has 5 heteroatoms. The Balaban J connectivity index is 1.77. The Hall–Kier alpha value is -2.82. The number of rotatable bonds is 5. The van der Waals surface area contributed by atoms with Gasteiger partial charge in [-0.25, -0.2) is 9.78 Å². The number of fused-ring (bicyclic) bond motifs is 1. The normalized spacial score (nSPS) is 10.7. The summed E-state index contributed by atoms with van der Waals surface area (Å²) in [5.41, 5.74) is 3.49. The Kier molecular flexibility index (Phi) is 4.28. The van der Waals surface area contributed by atoms with Crippen LogP contribution in [-0.2, 0) is 11.2 Å². The van der Waals surface area contributed by atoms with Gasteiger partial charge in [0, 0.05) is 12.5 Å². The van der Waals surface area contributed by atoms with E-state index in [0.29, 0.717) is 18.6 Å². The van der Waals surface area contributed by atoms with Crippen LogP contribution in [0.4, 0.5) is 0 Å². The first kappa shape index (κ1) is 15.1. The number of aromatic amines is 1. The molecule has 0 aliphatic heterocycles. The molecule has 0 amide bonds. The minimum atomic E-state index is -0.296. The lowest BCUT2D eigenvalue weighted by Gasteiger charge is -2.03. The summed E-state index contributed by atoms with van der Waals surface area (Å²) in [6, 6.07) is 13.1. The molecule has 0 fully saturated rings. The molecule has 0 atom stereocenters. The summed E-state index contributed by atoms with van der Waals surface area (Å²) < 4.78 is 10.2. The molecule has 0 unspecified atom stereocenters. The molecule has 1 aromatic heterocycles. The maximum absolute atomic E-state index is 11.6. The van der Waals surface area contributed by atoms with E-state index in [1.54, 1.807) is 26.2 Å². The molecule has 0 saturated heterocycles. The molecule has 0 aliphatic carbocycles. The monoisotopic (exact) mass is 310 g/mol. The molecule has 3 aromatic rings. The van der Waals surface area contributed by atoms with Crippen LogP contribution >= 0.6 is 0 Å². The Morgan fingerprint density at radius 1 is 1.17 bits per heavy atom. The van der Waals surface area contributed by atoms with E-state index in [1.165, 1.54) is 0 Å². The zero-order valence-corrected chi connectivity index (χ0v) is 13.1. The third-order valence-electron chi connectivity index (χ3n) is 3.57. The number of nitrogens with zero attached hydrogens (tertiary/aromatic N) is 1. The molecule has 1 N–H and O–H groups in total. The number of hydrogen-bond acceptors (Lipinski definition) is 4. The first-order chi connectivity index (χ1) is 11.2. The summed E-state index contributed by atoms with van der Waals surface area (Å²) in [4.78, 5) is 19.5. The van der Waals surface area contributed by atoms with E-state index >= 15 is 0 Å². The van der Waals surface area contributed by atoms with Crippen molar-refractivity contribution in [2.45, 2.75) is 13.3 Å². The molecule has 0 radical (unpaired) electrons. The zero-order chi connectivity index (χ0) is 16.2. The average Bonchev–Trinajstić information content (AvgIpc) is 2.96. The summed E-state index contributed by atoms with van der Waals surface area (Å²) in [6.45, 7) is 2.17. The van der Waals surface area contributed by atoms with Gasteiger partial charge in [-0.15, -0.1) is 0 Å². The van der Waals surface area contributed by atoms with Crippen LogP contribution in [0.2, 0.25) is 0 Å². The van der Waals surface area contributed by atoms with Crippen LogP contribution in [0.1, 0.15) is 28.7 Å². The number of ether oxygens (including phenoxy) is 2. The maximum atomic E-state index is 11.6. The van der Waals surface area contributed by atoms with E-state index in [1.807, 2.05) is 30.3 Å². The predicted octanol–water partition coefficient (Wildman–Crippen LogP) is 3.34. The number of carbonyl (C=O) groups excluding carboxylic acids is 1. The smallest absolute Gasteiger partial charge is 0.338 e. The van der Waals surface area contributed by atoms with Gasteiger partial charge in [0.05, 0.1) is 30.3 Å². The minimum absolute atomic E-state index is 0.296. The number of hydrogen-bond donors (Lipinski definition) is 1. The van der Waals surface area contributed by atoms with Gasteiger partial charge in [-0.2, -0.15) is 0 Å². The van der Waals surface area contributed by atoms with Crippen molar-refractivity contribution >= 4 is 17.0 Å². The lowest BCUT2D eigenvalue weighted by molar-refractivity contribution is 0.0526. The van der Waals surface area contributed by atoms with Crippen LogP contribution in [-0.4, -0.2) is 29.7 Å². The number of H-pyrrole nitrogens is 1. The molecule has 0 spiro atoms. The van der Waals surface area contributed by atoms with Crippen molar-refractivity contribution < 1.29 is 14.3 Å². The van der Waals surface area contributed by atoms with Gasteiger partial charge in [0.25, 0.3) is 0 Å². The average molecular weight is 310 g/mol. The summed E-state index contributed by atoms with van der Waals surface area (Å²) in [5.74, 6) is 1.37. The van der Waals surface area contributed by atoms with Crippen molar-refractivity contribution in [2.24, 2.45) is 0 Å². The second kappa shape index (κ2) is 6.52. The highest BCUT2D eigenvalue weighted by Gasteiger charge is 2.08. The fraction of sp³-hybridized carbons (Fsp3) is 0.222. The zero-order valence-electron chi connectivity index (χ0n) is 13.1. The summed E-state index contributed by atoms with van der Waals surface area (Å²) in [5, 5.41) is 0. The minimum Gasteiger partial charge on any atom is -0.497 e. The largest absolute Gasteiger partial charge is 0.497 e. The molecule has 0 aliphatic rings. The highest BCUT2D eigenvalue weighted by Crippen LogP contribution is 2.20. The number of imidazole rings is 1. The number of methoxy groups -OCH3 is 1. The molecule has 3 rings (SSSR count). The standard InChI is InChI=1S/C18H18N2O3/c1-3-23-18(21)13-6-4-12(5-7-13)10-17-19-15-9-8-14(22-2)11-16(15)20-17/h4-9,11H,3,10H2,1-2H3,(H,19,20). The summed E-state index contributed by atoms with van der Waals surface area (Å²) in [6.07, 6.45) is 0.667. The third kappa shape index (κ3) is 3.34.